The lowest BCUT2D eigenvalue weighted by molar-refractivity contribution is 0.134. The number of benzene rings is 1. The van der Waals surface area contributed by atoms with Gasteiger partial charge in [-0.3, -0.25) is 9.58 Å². The topological polar surface area (TPSA) is 39.5 Å². The summed E-state index contributed by atoms with van der Waals surface area (Å²) in [6.45, 7) is 6.60. The molecule has 0 fully saturated rings. The number of methoxy groups -OCH3 is 2. The van der Waals surface area contributed by atoms with Crippen LogP contribution in [0.4, 0.5) is 0 Å². The van der Waals surface area contributed by atoms with Crippen molar-refractivity contribution < 1.29 is 9.47 Å². The molecule has 0 spiro atoms. The average molecular weight is 315 g/mol. The smallest absolute Gasteiger partial charge is 0.118 e. The fourth-order valence-electron chi connectivity index (χ4n) is 3.25. The molecule has 0 aliphatic carbocycles. The molecule has 3 rings (SSSR count). The van der Waals surface area contributed by atoms with E-state index in [1.165, 1.54) is 16.8 Å². The van der Waals surface area contributed by atoms with E-state index in [0.717, 1.165) is 31.9 Å². The van der Waals surface area contributed by atoms with Crippen molar-refractivity contribution >= 4 is 0 Å². The Morgan fingerprint density at radius 2 is 2.00 bits per heavy atom. The molecule has 124 valence electrons. The van der Waals surface area contributed by atoms with Gasteiger partial charge in [-0.05, 0) is 24.6 Å². The zero-order valence-electron chi connectivity index (χ0n) is 14.2. The minimum absolute atomic E-state index is 0.342. The first-order valence-electron chi connectivity index (χ1n) is 8.14. The largest absolute Gasteiger partial charge is 0.497 e. The summed E-state index contributed by atoms with van der Waals surface area (Å²) in [5.74, 6) is 1.24. The first kappa shape index (κ1) is 16.0. The summed E-state index contributed by atoms with van der Waals surface area (Å²) in [4.78, 5) is 2.47. The van der Waals surface area contributed by atoms with Crippen LogP contribution in [-0.2, 0) is 24.4 Å². The summed E-state index contributed by atoms with van der Waals surface area (Å²) in [6.07, 6.45) is 2.18. The SMILES string of the molecule is CCn1cc2c(n1)C(COC)CN(Cc1ccc(OC)cc1)C2. The Hall–Kier alpha value is -1.85. The molecule has 0 N–H and O–H groups in total. The van der Waals surface area contributed by atoms with Crippen molar-refractivity contribution in [1.29, 1.82) is 0 Å². The molecule has 0 bridgehead atoms. The van der Waals surface area contributed by atoms with Crippen molar-refractivity contribution in [1.82, 2.24) is 14.7 Å². The number of aromatic nitrogens is 2. The lowest BCUT2D eigenvalue weighted by Crippen LogP contribution is -2.34. The van der Waals surface area contributed by atoms with E-state index in [9.17, 15) is 0 Å². The lowest BCUT2D eigenvalue weighted by atomic mass is 9.97. The second-order valence-electron chi connectivity index (χ2n) is 6.07. The van der Waals surface area contributed by atoms with E-state index in [2.05, 4.69) is 30.2 Å². The van der Waals surface area contributed by atoms with Crippen molar-refractivity contribution in [2.45, 2.75) is 32.5 Å². The summed E-state index contributed by atoms with van der Waals surface area (Å²) >= 11 is 0. The minimum Gasteiger partial charge on any atom is -0.497 e. The summed E-state index contributed by atoms with van der Waals surface area (Å²) in [6, 6.07) is 8.31. The fraction of sp³-hybridized carbons (Fsp3) is 0.500. The average Bonchev–Trinajstić information content (AvgIpc) is 2.99. The molecule has 0 saturated heterocycles. The molecule has 1 aliphatic heterocycles. The molecular weight excluding hydrogens is 290 g/mol. The molecule has 1 aliphatic rings. The van der Waals surface area contributed by atoms with E-state index in [1.807, 2.05) is 16.8 Å². The fourth-order valence-corrected chi connectivity index (χ4v) is 3.25. The summed E-state index contributed by atoms with van der Waals surface area (Å²) in [5.41, 5.74) is 3.83. The zero-order valence-corrected chi connectivity index (χ0v) is 14.2. The van der Waals surface area contributed by atoms with E-state index in [1.54, 1.807) is 14.2 Å². The molecule has 5 nitrogen and oxygen atoms in total. The molecule has 1 atom stereocenters. The van der Waals surface area contributed by atoms with Crippen LogP contribution < -0.4 is 4.74 Å². The third-order valence-corrected chi connectivity index (χ3v) is 4.39. The van der Waals surface area contributed by atoms with Gasteiger partial charge in [-0.1, -0.05) is 12.1 Å². The van der Waals surface area contributed by atoms with Crippen molar-refractivity contribution in [3.05, 3.63) is 47.3 Å². The molecular formula is C18H25N3O2. The van der Waals surface area contributed by atoms with Gasteiger partial charge in [-0.15, -0.1) is 0 Å². The first-order chi connectivity index (χ1) is 11.2. The number of hydrogen-bond acceptors (Lipinski definition) is 4. The molecule has 5 heteroatoms. The van der Waals surface area contributed by atoms with Crippen LogP contribution >= 0.6 is 0 Å². The van der Waals surface area contributed by atoms with Crippen LogP contribution in [0.25, 0.3) is 0 Å². The summed E-state index contributed by atoms with van der Waals surface area (Å²) < 4.78 is 12.7. The zero-order chi connectivity index (χ0) is 16.2. The van der Waals surface area contributed by atoms with Crippen LogP contribution in [0.5, 0.6) is 5.75 Å². The maximum atomic E-state index is 5.42. The highest BCUT2D eigenvalue weighted by atomic mass is 16.5. The maximum Gasteiger partial charge on any atom is 0.118 e. The monoisotopic (exact) mass is 315 g/mol. The summed E-state index contributed by atoms with van der Waals surface area (Å²) in [7, 11) is 3.46. The Kier molecular flexibility index (Phi) is 4.98. The van der Waals surface area contributed by atoms with Crippen LogP contribution in [0.1, 0.15) is 29.7 Å². The molecule has 0 saturated carbocycles. The van der Waals surface area contributed by atoms with E-state index < -0.39 is 0 Å². The molecule has 2 aromatic rings. The third kappa shape index (κ3) is 3.57. The summed E-state index contributed by atoms with van der Waals surface area (Å²) in [5, 5.41) is 4.73. The van der Waals surface area contributed by atoms with Crippen molar-refractivity contribution in [2.24, 2.45) is 0 Å². The minimum atomic E-state index is 0.342. The predicted octanol–water partition coefficient (Wildman–Crippen LogP) is 2.66. The Balaban J connectivity index is 1.75. The molecule has 1 aromatic heterocycles. The third-order valence-electron chi connectivity index (χ3n) is 4.39. The quantitative estimate of drug-likeness (QED) is 0.821. The van der Waals surface area contributed by atoms with Gasteiger partial charge in [-0.25, -0.2) is 0 Å². The van der Waals surface area contributed by atoms with Crippen LogP contribution in [0.3, 0.4) is 0 Å². The van der Waals surface area contributed by atoms with Crippen molar-refractivity contribution in [3.8, 4) is 5.75 Å². The first-order valence-corrected chi connectivity index (χ1v) is 8.14. The van der Waals surface area contributed by atoms with Crippen LogP contribution in [0.15, 0.2) is 30.5 Å². The highest BCUT2D eigenvalue weighted by Gasteiger charge is 2.28. The Labute approximate surface area is 137 Å². The van der Waals surface area contributed by atoms with E-state index in [0.29, 0.717) is 12.5 Å². The number of hydrogen-bond donors (Lipinski definition) is 0. The molecule has 1 aromatic carbocycles. The van der Waals surface area contributed by atoms with Crippen molar-refractivity contribution in [2.75, 3.05) is 27.4 Å². The van der Waals surface area contributed by atoms with Gasteiger partial charge in [0, 0.05) is 51.0 Å². The van der Waals surface area contributed by atoms with Gasteiger partial charge >= 0.3 is 0 Å². The molecule has 0 radical (unpaired) electrons. The lowest BCUT2D eigenvalue weighted by Gasteiger charge is -2.31. The van der Waals surface area contributed by atoms with E-state index >= 15 is 0 Å². The highest BCUT2D eigenvalue weighted by molar-refractivity contribution is 5.28. The second-order valence-corrected chi connectivity index (χ2v) is 6.07. The number of rotatable bonds is 6. The van der Waals surface area contributed by atoms with Gasteiger partial charge in [0.25, 0.3) is 0 Å². The second kappa shape index (κ2) is 7.15. The predicted molar refractivity (Wildman–Crippen MR) is 89.6 cm³/mol. The van der Waals surface area contributed by atoms with E-state index in [4.69, 9.17) is 14.6 Å². The number of aryl methyl sites for hydroxylation is 1. The normalized spacial score (nSPS) is 18.0. The van der Waals surface area contributed by atoms with Crippen molar-refractivity contribution in [3.63, 3.8) is 0 Å². The number of ether oxygens (including phenoxy) is 2. The van der Waals surface area contributed by atoms with Gasteiger partial charge < -0.3 is 9.47 Å². The highest BCUT2D eigenvalue weighted by Crippen LogP contribution is 2.28. The standard InChI is InChI=1S/C18H25N3O2/c1-4-21-12-15-10-20(11-16(13-22-2)18(15)19-21)9-14-5-7-17(23-3)8-6-14/h5-8,12,16H,4,9-11,13H2,1-3H3. The van der Waals surface area contributed by atoms with Gasteiger partial charge in [0.2, 0.25) is 0 Å². The van der Waals surface area contributed by atoms with Crippen LogP contribution in [0, 0.1) is 0 Å². The van der Waals surface area contributed by atoms with Gasteiger partial charge in [0.15, 0.2) is 0 Å². The Morgan fingerprint density at radius 3 is 2.65 bits per heavy atom. The number of nitrogens with zero attached hydrogens (tertiary/aromatic N) is 3. The maximum absolute atomic E-state index is 5.42. The molecule has 1 unspecified atom stereocenters. The molecule has 0 amide bonds. The van der Waals surface area contributed by atoms with E-state index in [-0.39, 0.29) is 0 Å². The Morgan fingerprint density at radius 1 is 1.22 bits per heavy atom. The Bertz CT molecular complexity index is 636. The molecule has 2 heterocycles. The van der Waals surface area contributed by atoms with Crippen LogP contribution in [0.2, 0.25) is 0 Å². The van der Waals surface area contributed by atoms with Crippen LogP contribution in [-0.4, -0.2) is 42.1 Å². The van der Waals surface area contributed by atoms with Gasteiger partial charge in [-0.2, -0.15) is 5.10 Å². The van der Waals surface area contributed by atoms with Gasteiger partial charge in [0.1, 0.15) is 5.75 Å². The number of fused-ring (bicyclic) bond motifs is 1. The van der Waals surface area contributed by atoms with Gasteiger partial charge in [0.05, 0.1) is 19.4 Å². The molecule has 23 heavy (non-hydrogen) atoms.